The average Bonchev–Trinajstić information content (AvgIpc) is 2.95. The maximum atomic E-state index is 12.4. The highest BCUT2D eigenvalue weighted by Gasteiger charge is 2.33. The molecule has 0 radical (unpaired) electrons. The molecule has 1 saturated heterocycles. The number of ether oxygens (including phenoxy) is 1. The van der Waals surface area contributed by atoms with Gasteiger partial charge in [-0.15, -0.1) is 0 Å². The van der Waals surface area contributed by atoms with Gasteiger partial charge in [0.2, 0.25) is 0 Å². The Morgan fingerprint density at radius 3 is 2.80 bits per heavy atom. The van der Waals surface area contributed by atoms with Crippen LogP contribution in [0.3, 0.4) is 0 Å². The van der Waals surface area contributed by atoms with Gasteiger partial charge in [-0.05, 0) is 25.3 Å². The molecule has 2 aromatic rings. The smallest absolute Gasteiger partial charge is 0.317 e. The second kappa shape index (κ2) is 7.17. The Bertz CT molecular complexity index is 783. The van der Waals surface area contributed by atoms with Gasteiger partial charge in [0, 0.05) is 24.0 Å². The number of fused-ring (bicyclic) bond motifs is 1. The first-order valence-electron chi connectivity index (χ1n) is 8.59. The highest BCUT2D eigenvalue weighted by molar-refractivity contribution is 5.82. The van der Waals surface area contributed by atoms with Crippen molar-refractivity contribution in [3.8, 4) is 0 Å². The lowest BCUT2D eigenvalue weighted by molar-refractivity contribution is -0.148. The quantitative estimate of drug-likeness (QED) is 0.869. The number of carbonyl (C=O) groups excluding carboxylic acids is 2. The van der Waals surface area contributed by atoms with Gasteiger partial charge in [0.05, 0.1) is 19.6 Å². The molecule has 6 nitrogen and oxygen atoms in total. The number of methoxy groups -OCH3 is 1. The molecule has 1 aromatic heterocycles. The maximum Gasteiger partial charge on any atom is 0.317 e. The summed E-state index contributed by atoms with van der Waals surface area (Å²) in [5.41, 5.74) is 1.88. The number of aryl methyl sites for hydroxylation is 1. The van der Waals surface area contributed by atoms with Gasteiger partial charge in [-0.3, -0.25) is 4.79 Å². The third-order valence-corrected chi connectivity index (χ3v) is 5.04. The minimum atomic E-state index is -0.189. The van der Waals surface area contributed by atoms with Gasteiger partial charge in [0.15, 0.2) is 0 Å². The molecule has 2 amide bonds. The topological polar surface area (TPSA) is 71.8 Å². The van der Waals surface area contributed by atoms with E-state index in [1.54, 1.807) is 4.90 Å². The molecule has 0 unspecified atom stereocenters. The van der Waals surface area contributed by atoms with Gasteiger partial charge in [0.25, 0.3) is 0 Å². The van der Waals surface area contributed by atoms with E-state index in [9.17, 15) is 9.59 Å². The van der Waals surface area contributed by atoms with Gasteiger partial charge in [0.1, 0.15) is 11.3 Å². The molecule has 1 N–H and O–H groups in total. The van der Waals surface area contributed by atoms with E-state index in [1.165, 1.54) is 7.11 Å². The number of esters is 1. The van der Waals surface area contributed by atoms with E-state index in [0.717, 1.165) is 22.3 Å². The maximum absolute atomic E-state index is 12.4. The average molecular weight is 344 g/mol. The zero-order chi connectivity index (χ0) is 18.0. The van der Waals surface area contributed by atoms with Crippen molar-refractivity contribution in [3.05, 3.63) is 35.6 Å². The molecule has 0 aliphatic carbocycles. The summed E-state index contributed by atoms with van der Waals surface area (Å²) >= 11 is 0. The Balaban J connectivity index is 1.59. The zero-order valence-corrected chi connectivity index (χ0v) is 14.9. The molecular weight excluding hydrogens is 320 g/mol. The first-order chi connectivity index (χ1) is 12.0. The van der Waals surface area contributed by atoms with E-state index in [1.807, 2.05) is 38.1 Å². The fraction of sp³-hybridized carbons (Fsp3) is 0.474. The molecule has 2 atom stereocenters. The van der Waals surface area contributed by atoms with Crippen molar-refractivity contribution in [1.29, 1.82) is 0 Å². The molecule has 3 rings (SSSR count). The number of benzene rings is 1. The van der Waals surface area contributed by atoms with Crippen LogP contribution in [0.15, 0.2) is 28.7 Å². The Morgan fingerprint density at radius 2 is 2.12 bits per heavy atom. The van der Waals surface area contributed by atoms with E-state index in [4.69, 9.17) is 9.15 Å². The van der Waals surface area contributed by atoms with Gasteiger partial charge >= 0.3 is 12.0 Å². The molecule has 134 valence electrons. The van der Waals surface area contributed by atoms with Crippen LogP contribution < -0.4 is 5.32 Å². The molecule has 1 fully saturated rings. The van der Waals surface area contributed by atoms with E-state index < -0.39 is 0 Å². The van der Waals surface area contributed by atoms with E-state index in [2.05, 4.69) is 5.32 Å². The SMILES string of the molecule is COC(=O)[C@@H]1CCN(C(=O)NCc2oc3ccccc3c2C)C[C@H]1C. The second-order valence-corrected chi connectivity index (χ2v) is 6.65. The number of furan rings is 1. The van der Waals surface area contributed by atoms with Crippen molar-refractivity contribution < 1.29 is 18.7 Å². The predicted molar refractivity (Wildman–Crippen MR) is 94.0 cm³/mol. The van der Waals surface area contributed by atoms with Crippen LogP contribution in [-0.4, -0.2) is 37.1 Å². The number of nitrogens with one attached hydrogen (secondary N) is 1. The molecule has 2 heterocycles. The van der Waals surface area contributed by atoms with Gasteiger partial charge < -0.3 is 19.4 Å². The van der Waals surface area contributed by atoms with Crippen molar-refractivity contribution >= 4 is 23.0 Å². The summed E-state index contributed by atoms with van der Waals surface area (Å²) in [7, 11) is 1.41. The number of hydrogen-bond donors (Lipinski definition) is 1. The van der Waals surface area contributed by atoms with Crippen LogP contribution in [0.2, 0.25) is 0 Å². The van der Waals surface area contributed by atoms with Crippen molar-refractivity contribution in [2.24, 2.45) is 11.8 Å². The predicted octanol–water partition coefficient (Wildman–Crippen LogP) is 3.08. The van der Waals surface area contributed by atoms with Crippen LogP contribution in [-0.2, 0) is 16.1 Å². The number of urea groups is 1. The molecule has 1 aliphatic heterocycles. The summed E-state index contributed by atoms with van der Waals surface area (Å²) < 4.78 is 10.7. The molecule has 6 heteroatoms. The second-order valence-electron chi connectivity index (χ2n) is 6.65. The van der Waals surface area contributed by atoms with Crippen molar-refractivity contribution in [2.45, 2.75) is 26.8 Å². The monoisotopic (exact) mass is 344 g/mol. The number of likely N-dealkylation sites (tertiary alicyclic amines) is 1. The third kappa shape index (κ3) is 3.48. The number of hydrogen-bond acceptors (Lipinski definition) is 4. The summed E-state index contributed by atoms with van der Waals surface area (Å²) in [5.74, 6) is 0.532. The zero-order valence-electron chi connectivity index (χ0n) is 14.9. The molecule has 0 spiro atoms. The van der Waals surface area contributed by atoms with Crippen molar-refractivity contribution in [2.75, 3.05) is 20.2 Å². The Labute approximate surface area is 147 Å². The van der Waals surface area contributed by atoms with Gasteiger partial charge in [-0.2, -0.15) is 0 Å². The molecule has 0 bridgehead atoms. The molecular formula is C19H24N2O4. The third-order valence-electron chi connectivity index (χ3n) is 5.04. The molecule has 1 aromatic carbocycles. The molecule has 0 saturated carbocycles. The first kappa shape index (κ1) is 17.3. The van der Waals surface area contributed by atoms with Gasteiger partial charge in [-0.1, -0.05) is 25.1 Å². The Kier molecular flexibility index (Phi) is 4.97. The van der Waals surface area contributed by atoms with Crippen LogP contribution in [0.1, 0.15) is 24.7 Å². The number of carbonyl (C=O) groups is 2. The number of piperidine rings is 1. The fourth-order valence-electron chi connectivity index (χ4n) is 3.49. The Hall–Kier alpha value is -2.50. The number of nitrogens with zero attached hydrogens (tertiary/aromatic N) is 1. The lowest BCUT2D eigenvalue weighted by Gasteiger charge is -2.35. The van der Waals surface area contributed by atoms with Crippen LogP contribution in [0, 0.1) is 18.8 Å². The number of rotatable bonds is 3. The van der Waals surface area contributed by atoms with Crippen molar-refractivity contribution in [1.82, 2.24) is 10.2 Å². The highest BCUT2D eigenvalue weighted by atomic mass is 16.5. The lowest BCUT2D eigenvalue weighted by Crippen LogP contribution is -2.48. The van der Waals surface area contributed by atoms with Crippen LogP contribution in [0.5, 0.6) is 0 Å². The largest absolute Gasteiger partial charge is 0.469 e. The number of amides is 2. The molecule has 1 aliphatic rings. The minimum Gasteiger partial charge on any atom is -0.469 e. The highest BCUT2D eigenvalue weighted by Crippen LogP contribution is 2.26. The standard InChI is InChI=1S/C19H24N2O4/c1-12-11-21(9-8-14(12)18(22)24-3)19(23)20-10-17-13(2)15-6-4-5-7-16(15)25-17/h4-7,12,14H,8-11H2,1-3H3,(H,20,23)/t12-,14-/m1/s1. The summed E-state index contributed by atoms with van der Waals surface area (Å²) in [5, 5.41) is 3.99. The first-order valence-corrected chi connectivity index (χ1v) is 8.59. The minimum absolute atomic E-state index is 0.0832. The van der Waals surface area contributed by atoms with Crippen LogP contribution >= 0.6 is 0 Å². The van der Waals surface area contributed by atoms with Crippen LogP contribution in [0.4, 0.5) is 4.79 Å². The van der Waals surface area contributed by atoms with E-state index in [-0.39, 0.29) is 23.8 Å². The summed E-state index contributed by atoms with van der Waals surface area (Å²) in [6, 6.07) is 7.71. The number of para-hydroxylation sites is 1. The summed E-state index contributed by atoms with van der Waals surface area (Å²) in [6.45, 7) is 5.42. The lowest BCUT2D eigenvalue weighted by atomic mass is 9.87. The summed E-state index contributed by atoms with van der Waals surface area (Å²) in [4.78, 5) is 25.9. The Morgan fingerprint density at radius 1 is 1.36 bits per heavy atom. The van der Waals surface area contributed by atoms with E-state index in [0.29, 0.717) is 26.1 Å². The van der Waals surface area contributed by atoms with E-state index >= 15 is 0 Å². The molecule has 25 heavy (non-hydrogen) atoms. The fourth-order valence-corrected chi connectivity index (χ4v) is 3.49. The van der Waals surface area contributed by atoms with Crippen LogP contribution in [0.25, 0.3) is 11.0 Å². The van der Waals surface area contributed by atoms with Crippen molar-refractivity contribution in [3.63, 3.8) is 0 Å². The normalized spacial score (nSPS) is 20.5. The van der Waals surface area contributed by atoms with Gasteiger partial charge in [-0.25, -0.2) is 4.79 Å². The summed E-state index contributed by atoms with van der Waals surface area (Å²) in [6.07, 6.45) is 0.630.